The molecule has 2 amide bonds. The Morgan fingerprint density at radius 2 is 1.10 bits per heavy atom. The number of fused-ring (bicyclic) bond motifs is 5. The van der Waals surface area contributed by atoms with Crippen LogP contribution >= 0.6 is 0 Å². The van der Waals surface area contributed by atoms with Crippen LogP contribution in [-0.4, -0.2) is 47.9 Å². The molecular formula is C35H41N5O2. The number of nitrogens with one attached hydrogen (secondary N) is 4. The third-order valence-corrected chi connectivity index (χ3v) is 9.66. The molecule has 2 unspecified atom stereocenters. The lowest BCUT2D eigenvalue weighted by Gasteiger charge is -2.26. The largest absolute Gasteiger partial charge is 0.325 e. The van der Waals surface area contributed by atoms with E-state index in [1.165, 1.54) is 46.2 Å². The van der Waals surface area contributed by atoms with Crippen molar-refractivity contribution in [3.8, 4) is 22.3 Å². The second kappa shape index (κ2) is 11.3. The van der Waals surface area contributed by atoms with Gasteiger partial charge in [0.15, 0.2) is 0 Å². The molecule has 4 aliphatic heterocycles. The molecule has 0 saturated carbocycles. The fourth-order valence-corrected chi connectivity index (χ4v) is 7.74. The summed E-state index contributed by atoms with van der Waals surface area (Å²) in [6, 6.07) is 22.4. The van der Waals surface area contributed by atoms with Gasteiger partial charge in [-0.15, -0.1) is 0 Å². The first kappa shape index (κ1) is 27.3. The highest BCUT2D eigenvalue weighted by Crippen LogP contribution is 2.59. The molecule has 7 nitrogen and oxygen atoms in total. The Kier molecular flexibility index (Phi) is 7.34. The minimum Gasteiger partial charge on any atom is -0.325 e. The van der Waals surface area contributed by atoms with Crippen LogP contribution in [0.3, 0.4) is 0 Å². The highest BCUT2D eigenvalue weighted by Gasteiger charge is 2.47. The third-order valence-electron chi connectivity index (χ3n) is 9.66. The quantitative estimate of drug-likeness (QED) is 0.283. The zero-order valence-electron chi connectivity index (χ0n) is 24.6. The van der Waals surface area contributed by atoms with Crippen molar-refractivity contribution in [2.75, 3.05) is 23.7 Å². The van der Waals surface area contributed by atoms with Crippen molar-refractivity contribution in [2.24, 2.45) is 0 Å². The molecule has 3 aromatic rings. The summed E-state index contributed by atoms with van der Waals surface area (Å²) >= 11 is 0. The van der Waals surface area contributed by atoms with Crippen LogP contribution in [0.15, 0.2) is 60.7 Å². The van der Waals surface area contributed by atoms with E-state index in [-0.39, 0.29) is 23.9 Å². The van der Waals surface area contributed by atoms with Crippen LogP contribution < -0.4 is 21.3 Å². The van der Waals surface area contributed by atoms with Gasteiger partial charge in [0.2, 0.25) is 11.8 Å². The highest BCUT2D eigenvalue weighted by atomic mass is 16.2. The molecule has 0 aliphatic carbocycles. The zero-order chi connectivity index (χ0) is 28.8. The summed E-state index contributed by atoms with van der Waals surface area (Å²) in [5.41, 5.74) is 9.53. The van der Waals surface area contributed by atoms with Gasteiger partial charge < -0.3 is 21.3 Å². The maximum atomic E-state index is 12.6. The average molecular weight is 564 g/mol. The molecule has 218 valence electrons. The Morgan fingerprint density at radius 1 is 0.667 bits per heavy atom. The van der Waals surface area contributed by atoms with Crippen LogP contribution in [0.4, 0.5) is 11.4 Å². The van der Waals surface area contributed by atoms with Gasteiger partial charge in [0.05, 0.1) is 12.1 Å². The van der Waals surface area contributed by atoms with Gasteiger partial charge in [-0.2, -0.15) is 0 Å². The number of anilines is 2. The average Bonchev–Trinajstić information content (AvgIpc) is 3.83. The summed E-state index contributed by atoms with van der Waals surface area (Å²) in [6.45, 7) is 6.44. The lowest BCUT2D eigenvalue weighted by Crippen LogP contribution is -2.35. The van der Waals surface area contributed by atoms with Crippen LogP contribution in [0.2, 0.25) is 0 Å². The van der Waals surface area contributed by atoms with Crippen molar-refractivity contribution >= 4 is 23.2 Å². The predicted molar refractivity (Wildman–Crippen MR) is 168 cm³/mol. The first-order chi connectivity index (χ1) is 20.5. The lowest BCUT2D eigenvalue weighted by atomic mass is 9.81. The molecule has 4 aliphatic rings. The molecule has 0 aromatic heterocycles. The van der Waals surface area contributed by atoms with Gasteiger partial charge in [0.1, 0.15) is 0 Å². The Hall–Kier alpha value is -3.52. The van der Waals surface area contributed by atoms with E-state index in [9.17, 15) is 9.59 Å². The van der Waals surface area contributed by atoms with Gasteiger partial charge in [-0.1, -0.05) is 36.4 Å². The maximum Gasteiger partial charge on any atom is 0.241 e. The standard InChI is InChI=1S/C35H41N5O2/c1-21(2)40-30-17-18-31(40)33-27(23-9-13-25(14-10-23)39-35(42)29-6-4-20-37-29)16-15-26(32(30)33)22-7-11-24(12-8-22)38-34(41)28-5-3-19-36-28/h7-16,21,28-31,36-37H,3-6,17-20H2,1-2H3,(H,38,41)(H,39,42)/t28-,29-,30?,31?/m0/s1. The summed E-state index contributed by atoms with van der Waals surface area (Å²) in [5, 5.41) is 12.7. The number of hydrogen-bond donors (Lipinski definition) is 4. The summed E-state index contributed by atoms with van der Waals surface area (Å²) in [5.74, 6) is 0.104. The Morgan fingerprint density at radius 3 is 1.45 bits per heavy atom. The van der Waals surface area contributed by atoms with E-state index in [2.05, 4.69) is 76.4 Å². The molecule has 4 N–H and O–H groups in total. The number of nitrogens with zero attached hydrogens (tertiary/aromatic N) is 1. The van der Waals surface area contributed by atoms with E-state index in [0.29, 0.717) is 18.1 Å². The van der Waals surface area contributed by atoms with Crippen LogP contribution in [0, 0.1) is 0 Å². The molecule has 3 fully saturated rings. The number of carbonyl (C=O) groups excluding carboxylic acids is 2. The molecular weight excluding hydrogens is 522 g/mol. The Labute approximate surface area is 248 Å². The lowest BCUT2D eigenvalue weighted by molar-refractivity contribution is -0.118. The van der Waals surface area contributed by atoms with Gasteiger partial charge >= 0.3 is 0 Å². The van der Waals surface area contributed by atoms with E-state index in [1.807, 2.05) is 24.3 Å². The number of rotatable bonds is 7. The third kappa shape index (κ3) is 4.93. The van der Waals surface area contributed by atoms with E-state index < -0.39 is 0 Å². The van der Waals surface area contributed by atoms with Crippen molar-refractivity contribution < 1.29 is 9.59 Å². The number of benzene rings is 3. The summed E-state index contributed by atoms with van der Waals surface area (Å²) < 4.78 is 0. The first-order valence-electron chi connectivity index (χ1n) is 15.7. The smallest absolute Gasteiger partial charge is 0.241 e. The van der Waals surface area contributed by atoms with Crippen molar-refractivity contribution in [1.29, 1.82) is 0 Å². The molecule has 3 aromatic carbocycles. The molecule has 0 radical (unpaired) electrons. The van der Waals surface area contributed by atoms with Gasteiger partial charge in [-0.25, -0.2) is 0 Å². The summed E-state index contributed by atoms with van der Waals surface area (Å²) in [4.78, 5) is 27.9. The van der Waals surface area contributed by atoms with Gasteiger partial charge in [0, 0.05) is 29.5 Å². The summed E-state index contributed by atoms with van der Waals surface area (Å²) in [7, 11) is 0. The molecule has 4 atom stereocenters. The Bertz CT molecular complexity index is 1360. The van der Waals surface area contributed by atoms with E-state index in [1.54, 1.807) is 0 Å². The molecule has 4 heterocycles. The number of hydrogen-bond acceptors (Lipinski definition) is 5. The number of amides is 2. The van der Waals surface area contributed by atoms with E-state index in [4.69, 9.17) is 0 Å². The molecule has 3 saturated heterocycles. The second-order valence-corrected chi connectivity index (χ2v) is 12.6. The molecule has 7 rings (SSSR count). The minimum atomic E-state index is -0.0901. The van der Waals surface area contributed by atoms with Crippen molar-refractivity contribution in [1.82, 2.24) is 15.5 Å². The second-order valence-electron chi connectivity index (χ2n) is 12.6. The fourth-order valence-electron chi connectivity index (χ4n) is 7.74. The fraction of sp³-hybridized carbons (Fsp3) is 0.429. The van der Waals surface area contributed by atoms with Crippen LogP contribution in [0.25, 0.3) is 22.3 Å². The Balaban J connectivity index is 1.18. The first-order valence-corrected chi connectivity index (χ1v) is 15.7. The zero-order valence-corrected chi connectivity index (χ0v) is 24.6. The topological polar surface area (TPSA) is 85.5 Å². The minimum absolute atomic E-state index is 0.0520. The normalized spacial score (nSPS) is 24.7. The summed E-state index contributed by atoms with van der Waals surface area (Å²) in [6.07, 6.45) is 6.24. The van der Waals surface area contributed by atoms with Gasteiger partial charge in [0.25, 0.3) is 0 Å². The van der Waals surface area contributed by atoms with Crippen LogP contribution in [-0.2, 0) is 9.59 Å². The molecule has 7 heteroatoms. The van der Waals surface area contributed by atoms with Crippen molar-refractivity contribution in [3.05, 3.63) is 71.8 Å². The molecule has 0 spiro atoms. The monoisotopic (exact) mass is 563 g/mol. The molecule has 2 bridgehead atoms. The molecule has 42 heavy (non-hydrogen) atoms. The van der Waals surface area contributed by atoms with E-state index >= 15 is 0 Å². The van der Waals surface area contributed by atoms with Crippen LogP contribution in [0.5, 0.6) is 0 Å². The SMILES string of the molecule is CC(C)N1C2CCC1c1c(-c3ccc(NC(=O)[C@@H]4CCCN4)cc3)ccc(-c3ccc(NC(=O)[C@@H]4CCCN4)cc3)c12. The van der Waals surface area contributed by atoms with Gasteiger partial charge in [-0.05, 0) is 123 Å². The van der Waals surface area contributed by atoms with Crippen molar-refractivity contribution in [3.63, 3.8) is 0 Å². The van der Waals surface area contributed by atoms with E-state index in [0.717, 1.165) is 50.1 Å². The van der Waals surface area contributed by atoms with Crippen LogP contribution in [0.1, 0.15) is 75.6 Å². The number of carbonyl (C=O) groups is 2. The van der Waals surface area contributed by atoms with Crippen molar-refractivity contribution in [2.45, 2.75) is 82.6 Å². The van der Waals surface area contributed by atoms with Gasteiger partial charge in [-0.3, -0.25) is 14.5 Å². The predicted octanol–water partition coefficient (Wildman–Crippen LogP) is 6.00. The highest BCUT2D eigenvalue weighted by molar-refractivity contribution is 5.96. The maximum absolute atomic E-state index is 12.6.